The minimum absolute atomic E-state index is 0.179. The zero-order valence-electron chi connectivity index (χ0n) is 24.8. The van der Waals surface area contributed by atoms with E-state index in [9.17, 15) is 31.5 Å². The van der Waals surface area contributed by atoms with Gasteiger partial charge in [-0.05, 0) is 67.3 Å². The van der Waals surface area contributed by atoms with Crippen molar-refractivity contribution in [2.75, 3.05) is 25.0 Å². The summed E-state index contributed by atoms with van der Waals surface area (Å²) in [5.74, 6) is -3.08. The zero-order chi connectivity index (χ0) is 33.4. The Morgan fingerprint density at radius 3 is 2.15 bits per heavy atom. The second-order valence-corrected chi connectivity index (χ2v) is 11.0. The summed E-state index contributed by atoms with van der Waals surface area (Å²) < 4.78 is 90.5. The lowest BCUT2D eigenvalue weighted by Gasteiger charge is -2.35. The van der Waals surface area contributed by atoms with Gasteiger partial charge < -0.3 is 31.2 Å². The number of rotatable bonds is 12. The number of anilines is 1. The molecule has 2 amide bonds. The van der Waals surface area contributed by atoms with Crippen LogP contribution in [0.1, 0.15) is 36.0 Å². The smallest absolute Gasteiger partial charge is 0.407 e. The zero-order valence-corrected chi connectivity index (χ0v) is 24.8. The van der Waals surface area contributed by atoms with E-state index in [1.165, 1.54) is 60.7 Å². The Labute approximate surface area is 261 Å². The highest BCUT2D eigenvalue weighted by Crippen LogP contribution is 2.32. The van der Waals surface area contributed by atoms with Crippen LogP contribution in [0.4, 0.5) is 36.8 Å². The van der Waals surface area contributed by atoms with Crippen LogP contribution in [-0.2, 0) is 20.7 Å². The fourth-order valence-corrected chi connectivity index (χ4v) is 5.31. The van der Waals surface area contributed by atoms with E-state index in [1.54, 1.807) is 18.3 Å². The normalized spacial score (nSPS) is 19.0. The molecule has 3 aromatic rings. The van der Waals surface area contributed by atoms with Crippen molar-refractivity contribution in [1.29, 1.82) is 0 Å². The molecule has 3 aromatic carbocycles. The Kier molecular flexibility index (Phi) is 11.5. The van der Waals surface area contributed by atoms with Crippen LogP contribution < -0.4 is 21.7 Å². The van der Waals surface area contributed by atoms with E-state index in [0.717, 1.165) is 0 Å². The van der Waals surface area contributed by atoms with Crippen LogP contribution in [0.2, 0.25) is 0 Å². The molecule has 4 rings (SSSR count). The minimum atomic E-state index is -4.56. The number of ether oxygens (including phenoxy) is 2. The van der Waals surface area contributed by atoms with Crippen LogP contribution in [0.15, 0.2) is 66.7 Å². The molecular formula is C32H34F6N4O4. The number of carbonyl (C=O) groups is 2. The lowest BCUT2D eigenvalue weighted by atomic mass is 9.84. The maximum Gasteiger partial charge on any atom is 0.407 e. The van der Waals surface area contributed by atoms with Crippen LogP contribution in [0, 0.1) is 17.5 Å². The van der Waals surface area contributed by atoms with Crippen molar-refractivity contribution in [3.63, 3.8) is 0 Å². The number of nitrogens with one attached hydrogen (secondary N) is 3. The molecular weight excluding hydrogens is 618 g/mol. The quantitative estimate of drug-likeness (QED) is 0.201. The number of hydrogen-bond acceptors (Lipinski definition) is 6. The Bertz CT molecular complexity index is 1430. The summed E-state index contributed by atoms with van der Waals surface area (Å²) in [7, 11) is 0. The summed E-state index contributed by atoms with van der Waals surface area (Å²) in [4.78, 5) is 24.4. The fraction of sp³-hybridized carbons (Fsp3) is 0.375. The highest BCUT2D eigenvalue weighted by molar-refractivity contribution is 5.85. The van der Waals surface area contributed by atoms with Crippen molar-refractivity contribution >= 4 is 17.7 Å². The largest absolute Gasteiger partial charge is 0.448 e. The van der Waals surface area contributed by atoms with Crippen molar-refractivity contribution in [2.24, 2.45) is 5.73 Å². The third-order valence-corrected chi connectivity index (χ3v) is 7.65. The van der Waals surface area contributed by atoms with Gasteiger partial charge >= 0.3 is 12.3 Å². The molecule has 0 unspecified atom stereocenters. The second-order valence-electron chi connectivity index (χ2n) is 11.0. The highest BCUT2D eigenvalue weighted by Gasteiger charge is 2.33. The molecule has 1 fully saturated rings. The van der Waals surface area contributed by atoms with E-state index in [2.05, 4.69) is 10.6 Å². The number of carbonyl (C=O) groups excluding carboxylic acids is 2. The summed E-state index contributed by atoms with van der Waals surface area (Å²) in [5.41, 5.74) is 7.45. The van der Waals surface area contributed by atoms with E-state index >= 15 is 4.39 Å². The lowest BCUT2D eigenvalue weighted by Crippen LogP contribution is -2.54. The number of hydrogen-bond donors (Lipinski definition) is 4. The molecule has 14 heteroatoms. The molecule has 1 saturated heterocycles. The molecule has 4 atom stereocenters. The van der Waals surface area contributed by atoms with Gasteiger partial charge in [0.15, 0.2) is 0 Å². The van der Waals surface area contributed by atoms with Crippen molar-refractivity contribution in [3.8, 4) is 0 Å². The molecule has 0 aliphatic carbocycles. The summed E-state index contributed by atoms with van der Waals surface area (Å²) in [6, 6.07) is 13.6. The molecule has 0 bridgehead atoms. The first-order valence-electron chi connectivity index (χ1n) is 14.5. The standard InChI is InChI=1S/C32H34F6N4O4/c1-18-27(16-45-31(44)41-17-32(36,37)38)40-15-23(46-18)13-14-24-25(35)3-2-4-26(24)42-29(30(39)43)28(19-5-9-21(33)10-6-19)20-7-11-22(34)12-8-20/h2-12,18,23,27-29,40,42H,13-17H2,1H3,(H2,39,43)(H,41,44)/t18-,23+,27+,29-/m0/s1. The average Bonchev–Trinajstić information content (AvgIpc) is 3.00. The number of amides is 2. The number of primary amides is 1. The first kappa shape index (κ1) is 34.6. The Hall–Kier alpha value is -4.30. The molecule has 1 heterocycles. The van der Waals surface area contributed by atoms with Gasteiger partial charge in [0, 0.05) is 23.7 Å². The Morgan fingerprint density at radius 1 is 1.00 bits per heavy atom. The second kappa shape index (κ2) is 15.3. The first-order valence-corrected chi connectivity index (χ1v) is 14.5. The molecule has 0 radical (unpaired) electrons. The van der Waals surface area contributed by atoms with Gasteiger partial charge in [-0.3, -0.25) is 4.79 Å². The average molecular weight is 653 g/mol. The summed E-state index contributed by atoms with van der Waals surface area (Å²) in [6.07, 6.45) is -6.13. The molecule has 1 aliphatic rings. The summed E-state index contributed by atoms with van der Waals surface area (Å²) in [5, 5.41) is 7.85. The highest BCUT2D eigenvalue weighted by atomic mass is 19.4. The predicted octanol–water partition coefficient (Wildman–Crippen LogP) is 5.17. The molecule has 5 N–H and O–H groups in total. The number of nitrogens with two attached hydrogens (primary N) is 1. The van der Waals surface area contributed by atoms with Gasteiger partial charge in [-0.25, -0.2) is 18.0 Å². The minimum Gasteiger partial charge on any atom is -0.448 e. The van der Waals surface area contributed by atoms with E-state index in [0.29, 0.717) is 29.8 Å². The summed E-state index contributed by atoms with van der Waals surface area (Å²) in [6.45, 7) is 0.265. The van der Waals surface area contributed by atoms with Gasteiger partial charge in [-0.1, -0.05) is 30.3 Å². The molecule has 8 nitrogen and oxygen atoms in total. The predicted molar refractivity (Wildman–Crippen MR) is 158 cm³/mol. The third-order valence-electron chi connectivity index (χ3n) is 7.65. The van der Waals surface area contributed by atoms with Crippen molar-refractivity contribution in [1.82, 2.24) is 10.6 Å². The first-order chi connectivity index (χ1) is 21.8. The van der Waals surface area contributed by atoms with E-state index in [-0.39, 0.29) is 18.6 Å². The third kappa shape index (κ3) is 9.60. The van der Waals surface area contributed by atoms with Crippen LogP contribution in [-0.4, -0.2) is 62.2 Å². The van der Waals surface area contributed by atoms with Crippen LogP contribution in [0.3, 0.4) is 0 Å². The van der Waals surface area contributed by atoms with Gasteiger partial charge in [0.25, 0.3) is 0 Å². The molecule has 46 heavy (non-hydrogen) atoms. The van der Waals surface area contributed by atoms with Crippen molar-refractivity contribution < 1.29 is 45.4 Å². The molecule has 0 saturated carbocycles. The number of halogens is 6. The molecule has 1 aliphatic heterocycles. The van der Waals surface area contributed by atoms with E-state index < -0.39 is 72.4 Å². The van der Waals surface area contributed by atoms with Crippen LogP contribution in [0.5, 0.6) is 0 Å². The molecule has 248 valence electrons. The van der Waals surface area contributed by atoms with Crippen LogP contribution >= 0.6 is 0 Å². The van der Waals surface area contributed by atoms with Gasteiger partial charge in [0.1, 0.15) is 36.6 Å². The Balaban J connectivity index is 1.44. The number of alkyl carbamates (subject to hydrolysis) is 1. The molecule has 0 aromatic heterocycles. The van der Waals surface area contributed by atoms with Crippen molar-refractivity contribution in [2.45, 2.75) is 56.2 Å². The van der Waals surface area contributed by atoms with Crippen molar-refractivity contribution in [3.05, 3.63) is 101 Å². The number of alkyl halides is 3. The number of benzene rings is 3. The summed E-state index contributed by atoms with van der Waals surface area (Å²) >= 11 is 0. The van der Waals surface area contributed by atoms with E-state index in [1.807, 2.05) is 0 Å². The topological polar surface area (TPSA) is 115 Å². The SMILES string of the molecule is C[C@@H]1O[C@H](CCc2c(F)cccc2N[C@H](C(N)=O)C(c2ccc(F)cc2)c2ccc(F)cc2)CN[C@@H]1COC(=O)NCC(F)(F)F. The fourth-order valence-electron chi connectivity index (χ4n) is 5.31. The maximum atomic E-state index is 15.2. The molecule has 0 spiro atoms. The lowest BCUT2D eigenvalue weighted by molar-refractivity contribution is -0.124. The monoisotopic (exact) mass is 652 g/mol. The van der Waals surface area contributed by atoms with Crippen LogP contribution in [0.25, 0.3) is 0 Å². The van der Waals surface area contributed by atoms with Gasteiger partial charge in [0.05, 0.1) is 18.2 Å². The van der Waals surface area contributed by atoms with Gasteiger partial charge in [-0.2, -0.15) is 13.2 Å². The number of morpholine rings is 1. The van der Waals surface area contributed by atoms with Gasteiger partial charge in [0.2, 0.25) is 5.91 Å². The Morgan fingerprint density at radius 2 is 1.61 bits per heavy atom. The maximum absolute atomic E-state index is 15.2. The van der Waals surface area contributed by atoms with E-state index in [4.69, 9.17) is 15.2 Å². The van der Waals surface area contributed by atoms with Gasteiger partial charge in [-0.15, -0.1) is 0 Å².